The third kappa shape index (κ3) is 8.37. The minimum atomic E-state index is 0.228. The Kier molecular flexibility index (Phi) is 11.9. The third-order valence-corrected chi connectivity index (χ3v) is 5.10. The van der Waals surface area contributed by atoms with Crippen LogP contribution in [0.15, 0.2) is 30.3 Å². The van der Waals surface area contributed by atoms with Gasteiger partial charge in [-0.15, -0.1) is 0 Å². The van der Waals surface area contributed by atoms with Crippen LogP contribution < -0.4 is 0 Å². The van der Waals surface area contributed by atoms with Crippen molar-refractivity contribution < 1.29 is 9.48 Å². The van der Waals surface area contributed by atoms with Crippen LogP contribution >= 0.6 is 0 Å². The maximum Gasteiger partial charge on any atom is 0.142 e. The number of rotatable bonds is 15. The van der Waals surface area contributed by atoms with Crippen molar-refractivity contribution >= 4 is 0 Å². The maximum absolute atomic E-state index is 6.97. The van der Waals surface area contributed by atoms with E-state index < -0.39 is 0 Å². The summed E-state index contributed by atoms with van der Waals surface area (Å²) in [5, 5.41) is 0. The molecule has 2 nitrogen and oxygen atoms in total. The molecule has 1 rings (SSSR count). The van der Waals surface area contributed by atoms with Crippen LogP contribution in [0.25, 0.3) is 0 Å². The zero-order valence-electron chi connectivity index (χ0n) is 17.3. The highest BCUT2D eigenvalue weighted by Crippen LogP contribution is 2.29. The fourth-order valence-corrected chi connectivity index (χ4v) is 3.44. The van der Waals surface area contributed by atoms with Crippen LogP contribution in [0.4, 0.5) is 0 Å². The number of quaternary nitrogens is 1. The Balaban J connectivity index is 3.00. The number of hydrogen-bond donors (Lipinski definition) is 0. The Morgan fingerprint density at radius 3 is 1.64 bits per heavy atom. The second-order valence-corrected chi connectivity index (χ2v) is 7.44. The molecule has 0 saturated carbocycles. The van der Waals surface area contributed by atoms with Crippen molar-refractivity contribution in [1.82, 2.24) is 0 Å². The molecule has 144 valence electrons. The molecule has 0 aliphatic rings. The molecule has 0 bridgehead atoms. The number of benzene rings is 1. The highest BCUT2D eigenvalue weighted by molar-refractivity contribution is 5.17. The van der Waals surface area contributed by atoms with Crippen LogP contribution in [0.3, 0.4) is 0 Å². The predicted molar refractivity (Wildman–Crippen MR) is 109 cm³/mol. The van der Waals surface area contributed by atoms with E-state index in [1.54, 1.807) is 0 Å². The standard InChI is InChI=1S/C23H42NO/c1-5-9-18-23(22-16-14-13-15-17-22)25-24(19-10-6-2,20-11-7-3)21-12-8-4/h13-17,23H,5-12,18-21H2,1-4H3/q+1. The fourth-order valence-electron chi connectivity index (χ4n) is 3.44. The first-order valence-corrected chi connectivity index (χ1v) is 10.8. The van der Waals surface area contributed by atoms with E-state index in [1.807, 2.05) is 0 Å². The highest BCUT2D eigenvalue weighted by Gasteiger charge is 2.32. The van der Waals surface area contributed by atoms with Gasteiger partial charge >= 0.3 is 0 Å². The molecule has 1 aromatic rings. The second kappa shape index (κ2) is 13.4. The van der Waals surface area contributed by atoms with E-state index in [1.165, 1.54) is 56.9 Å². The van der Waals surface area contributed by atoms with Crippen LogP contribution in [0.2, 0.25) is 0 Å². The topological polar surface area (TPSA) is 9.23 Å². The van der Waals surface area contributed by atoms with Gasteiger partial charge in [0, 0.05) is 0 Å². The van der Waals surface area contributed by atoms with E-state index in [0.717, 1.165) is 30.7 Å². The lowest BCUT2D eigenvalue weighted by molar-refractivity contribution is -1.11. The summed E-state index contributed by atoms with van der Waals surface area (Å²) >= 11 is 0. The van der Waals surface area contributed by atoms with Crippen LogP contribution in [0.5, 0.6) is 0 Å². The smallest absolute Gasteiger partial charge is 0.142 e. The van der Waals surface area contributed by atoms with Crippen LogP contribution in [-0.2, 0) is 4.84 Å². The van der Waals surface area contributed by atoms with Gasteiger partial charge in [0.05, 0.1) is 0 Å². The van der Waals surface area contributed by atoms with Crippen molar-refractivity contribution in [3.63, 3.8) is 0 Å². The molecule has 0 aliphatic carbocycles. The summed E-state index contributed by atoms with van der Waals surface area (Å²) < 4.78 is 0.860. The first kappa shape index (κ1) is 22.2. The van der Waals surface area contributed by atoms with E-state index >= 15 is 0 Å². The summed E-state index contributed by atoms with van der Waals surface area (Å²) in [7, 11) is 0. The van der Waals surface area contributed by atoms with Gasteiger partial charge in [0.1, 0.15) is 25.7 Å². The highest BCUT2D eigenvalue weighted by atomic mass is 16.7. The number of nitrogens with zero attached hydrogens (tertiary/aromatic N) is 1. The first-order valence-electron chi connectivity index (χ1n) is 10.8. The molecule has 0 fully saturated rings. The minimum absolute atomic E-state index is 0.228. The molecule has 0 saturated heterocycles. The van der Waals surface area contributed by atoms with Crippen molar-refractivity contribution in [2.75, 3.05) is 19.6 Å². The molecular formula is C23H42NO+. The van der Waals surface area contributed by atoms with Crippen molar-refractivity contribution in [1.29, 1.82) is 0 Å². The summed E-state index contributed by atoms with van der Waals surface area (Å²) in [4.78, 5) is 6.97. The summed E-state index contributed by atoms with van der Waals surface area (Å²) in [6, 6.07) is 10.9. The van der Waals surface area contributed by atoms with Crippen LogP contribution in [0, 0.1) is 0 Å². The molecule has 0 heterocycles. The Bertz CT molecular complexity index is 396. The minimum Gasteiger partial charge on any atom is -0.195 e. The van der Waals surface area contributed by atoms with Gasteiger partial charge in [-0.3, -0.25) is 0 Å². The molecule has 2 heteroatoms. The lowest BCUT2D eigenvalue weighted by Crippen LogP contribution is -2.50. The molecule has 0 spiro atoms. The Morgan fingerprint density at radius 2 is 1.20 bits per heavy atom. The lowest BCUT2D eigenvalue weighted by Gasteiger charge is -2.39. The molecule has 0 radical (unpaired) electrons. The first-order chi connectivity index (χ1) is 12.2. The Hall–Kier alpha value is -0.860. The maximum atomic E-state index is 6.97. The van der Waals surface area contributed by atoms with Gasteiger partial charge in [-0.05, 0) is 31.2 Å². The summed E-state index contributed by atoms with van der Waals surface area (Å²) in [5.41, 5.74) is 1.35. The van der Waals surface area contributed by atoms with E-state index in [4.69, 9.17) is 4.84 Å². The average Bonchev–Trinajstić information content (AvgIpc) is 2.66. The molecule has 25 heavy (non-hydrogen) atoms. The number of hydroxylamine groups is 3. The van der Waals surface area contributed by atoms with Crippen molar-refractivity contribution in [2.24, 2.45) is 0 Å². The van der Waals surface area contributed by atoms with Crippen molar-refractivity contribution in [3.05, 3.63) is 35.9 Å². The van der Waals surface area contributed by atoms with Gasteiger partial charge in [0.2, 0.25) is 0 Å². The van der Waals surface area contributed by atoms with Gasteiger partial charge in [-0.1, -0.05) is 90.1 Å². The zero-order chi connectivity index (χ0) is 18.4. The van der Waals surface area contributed by atoms with E-state index in [0.29, 0.717) is 0 Å². The van der Waals surface area contributed by atoms with Gasteiger partial charge in [0.25, 0.3) is 0 Å². The average molecular weight is 349 g/mol. The quantitative estimate of drug-likeness (QED) is 0.243. The third-order valence-electron chi connectivity index (χ3n) is 5.10. The molecule has 1 unspecified atom stereocenters. The van der Waals surface area contributed by atoms with Gasteiger partial charge < -0.3 is 0 Å². The summed E-state index contributed by atoms with van der Waals surface area (Å²) in [6.07, 6.45) is 11.3. The summed E-state index contributed by atoms with van der Waals surface area (Å²) in [5.74, 6) is 0. The molecule has 1 aromatic carbocycles. The second-order valence-electron chi connectivity index (χ2n) is 7.44. The monoisotopic (exact) mass is 348 g/mol. The molecule has 1 atom stereocenters. The number of unbranched alkanes of at least 4 members (excludes halogenated alkanes) is 4. The molecular weight excluding hydrogens is 306 g/mol. The van der Waals surface area contributed by atoms with Gasteiger partial charge in [0.15, 0.2) is 0 Å². The van der Waals surface area contributed by atoms with Crippen LogP contribution in [0.1, 0.15) is 97.1 Å². The van der Waals surface area contributed by atoms with Crippen molar-refractivity contribution in [3.8, 4) is 0 Å². The normalized spacial score (nSPS) is 13.1. The Morgan fingerprint density at radius 1 is 0.720 bits per heavy atom. The molecule has 0 aromatic heterocycles. The Labute approximate surface area is 157 Å². The SMILES string of the molecule is CCCCC(O[N+](CCCC)(CCCC)CCCC)c1ccccc1. The van der Waals surface area contributed by atoms with Gasteiger partial charge in [-0.25, -0.2) is 0 Å². The van der Waals surface area contributed by atoms with E-state index in [-0.39, 0.29) is 6.10 Å². The fraction of sp³-hybridized carbons (Fsp3) is 0.739. The molecule has 0 aliphatic heterocycles. The van der Waals surface area contributed by atoms with Crippen LogP contribution in [-0.4, -0.2) is 24.3 Å². The number of hydrogen-bond acceptors (Lipinski definition) is 1. The van der Waals surface area contributed by atoms with E-state index in [9.17, 15) is 0 Å². The molecule has 0 N–H and O–H groups in total. The molecule has 0 amide bonds. The predicted octanol–water partition coefficient (Wildman–Crippen LogP) is 7.07. The lowest BCUT2D eigenvalue weighted by atomic mass is 10.0. The van der Waals surface area contributed by atoms with E-state index in [2.05, 4.69) is 58.0 Å². The zero-order valence-corrected chi connectivity index (χ0v) is 17.3. The summed E-state index contributed by atoms with van der Waals surface area (Å²) in [6.45, 7) is 12.6. The van der Waals surface area contributed by atoms with Crippen molar-refractivity contribution in [2.45, 2.75) is 91.6 Å². The van der Waals surface area contributed by atoms with Gasteiger partial charge in [-0.2, -0.15) is 9.48 Å². The largest absolute Gasteiger partial charge is 0.195 e.